The molecule has 0 aliphatic heterocycles. The molecule has 0 aliphatic rings. The van der Waals surface area contributed by atoms with E-state index in [9.17, 15) is 4.39 Å². The van der Waals surface area contributed by atoms with Gasteiger partial charge in [0.25, 0.3) is 0 Å². The first kappa shape index (κ1) is 11.2. The van der Waals surface area contributed by atoms with E-state index in [0.717, 1.165) is 25.8 Å². The molecule has 2 nitrogen and oxygen atoms in total. The third kappa shape index (κ3) is 3.50. The average Bonchev–Trinajstić information content (AvgIpc) is 2.18. The minimum atomic E-state index is -0.356. The fourth-order valence-electron chi connectivity index (χ4n) is 1.12. The highest BCUT2D eigenvalue weighted by Gasteiger charge is 2.02. The van der Waals surface area contributed by atoms with Crippen molar-refractivity contribution < 1.29 is 4.39 Å². The van der Waals surface area contributed by atoms with Crippen molar-refractivity contribution >= 4 is 17.4 Å². The summed E-state index contributed by atoms with van der Waals surface area (Å²) < 4.78 is 13.1. The molecule has 14 heavy (non-hydrogen) atoms. The summed E-state index contributed by atoms with van der Waals surface area (Å²) in [4.78, 5) is 3.85. The second kappa shape index (κ2) is 5.81. The molecule has 0 radical (unpaired) electrons. The molecule has 1 aromatic heterocycles. The lowest BCUT2D eigenvalue weighted by Gasteiger charge is -2.05. The average molecular weight is 217 g/mol. The lowest BCUT2D eigenvalue weighted by molar-refractivity contribution is 0.622. The van der Waals surface area contributed by atoms with Crippen molar-refractivity contribution in [3.63, 3.8) is 0 Å². The number of pyridine rings is 1. The smallest absolute Gasteiger partial charge is 0.165 e. The van der Waals surface area contributed by atoms with E-state index in [2.05, 4.69) is 17.2 Å². The van der Waals surface area contributed by atoms with Crippen molar-refractivity contribution in [1.29, 1.82) is 0 Å². The first-order chi connectivity index (χ1) is 6.74. The van der Waals surface area contributed by atoms with E-state index in [1.165, 1.54) is 12.1 Å². The molecular weight excluding hydrogens is 203 g/mol. The first-order valence-electron chi connectivity index (χ1n) is 4.80. The van der Waals surface area contributed by atoms with Crippen LogP contribution >= 0.6 is 11.6 Å². The standard InChI is InChI=1S/C10H14ClFN2/c1-2-3-4-7-13-10-8(12)5-6-9(11)14-10/h5-6H,2-4,7H2,1H3,(H,13,14). The zero-order valence-corrected chi connectivity index (χ0v) is 8.94. The maximum Gasteiger partial charge on any atom is 0.165 e. The minimum absolute atomic E-state index is 0.244. The van der Waals surface area contributed by atoms with Gasteiger partial charge in [-0.15, -0.1) is 0 Å². The maximum atomic E-state index is 13.1. The molecule has 1 rings (SSSR count). The highest BCUT2D eigenvalue weighted by atomic mass is 35.5. The van der Waals surface area contributed by atoms with E-state index in [4.69, 9.17) is 11.6 Å². The van der Waals surface area contributed by atoms with Gasteiger partial charge in [0, 0.05) is 6.54 Å². The van der Waals surface area contributed by atoms with Crippen LogP contribution in [0, 0.1) is 5.82 Å². The Bertz CT molecular complexity index is 291. The monoisotopic (exact) mass is 216 g/mol. The summed E-state index contributed by atoms with van der Waals surface area (Å²) in [5.41, 5.74) is 0. The number of hydrogen-bond donors (Lipinski definition) is 1. The van der Waals surface area contributed by atoms with Gasteiger partial charge < -0.3 is 5.32 Å². The second-order valence-corrected chi connectivity index (χ2v) is 3.49. The molecule has 0 unspecified atom stereocenters. The van der Waals surface area contributed by atoms with Crippen molar-refractivity contribution in [3.05, 3.63) is 23.1 Å². The molecule has 4 heteroatoms. The fraction of sp³-hybridized carbons (Fsp3) is 0.500. The predicted molar refractivity (Wildman–Crippen MR) is 57.2 cm³/mol. The second-order valence-electron chi connectivity index (χ2n) is 3.10. The van der Waals surface area contributed by atoms with Crippen LogP contribution < -0.4 is 5.32 Å². The number of nitrogens with zero attached hydrogens (tertiary/aromatic N) is 1. The van der Waals surface area contributed by atoms with Crippen LogP contribution in [0.2, 0.25) is 5.15 Å². The Morgan fingerprint density at radius 3 is 2.93 bits per heavy atom. The Balaban J connectivity index is 2.45. The van der Waals surface area contributed by atoms with Gasteiger partial charge in [-0.1, -0.05) is 31.4 Å². The summed E-state index contributed by atoms with van der Waals surface area (Å²) in [5, 5.41) is 3.23. The van der Waals surface area contributed by atoms with E-state index in [1.54, 1.807) is 0 Å². The van der Waals surface area contributed by atoms with Gasteiger partial charge in [0.05, 0.1) is 0 Å². The van der Waals surface area contributed by atoms with Gasteiger partial charge in [-0.05, 0) is 18.6 Å². The van der Waals surface area contributed by atoms with Crippen molar-refractivity contribution in [1.82, 2.24) is 4.98 Å². The Kier molecular flexibility index (Phi) is 4.66. The molecule has 0 aliphatic carbocycles. The number of unbranched alkanes of at least 4 members (excludes halogenated alkanes) is 2. The molecule has 0 fully saturated rings. The molecule has 78 valence electrons. The third-order valence-electron chi connectivity index (χ3n) is 1.88. The number of anilines is 1. The summed E-state index contributed by atoms with van der Waals surface area (Å²) in [5.74, 6) is -0.112. The molecule has 0 spiro atoms. The number of nitrogens with one attached hydrogen (secondary N) is 1. The summed E-state index contributed by atoms with van der Waals surface area (Å²) in [7, 11) is 0. The van der Waals surface area contributed by atoms with Gasteiger partial charge in [0.2, 0.25) is 0 Å². The SMILES string of the molecule is CCCCCNc1nc(Cl)ccc1F. The number of hydrogen-bond acceptors (Lipinski definition) is 2. The Morgan fingerprint density at radius 2 is 2.21 bits per heavy atom. The van der Waals surface area contributed by atoms with Crippen LogP contribution in [-0.4, -0.2) is 11.5 Å². The zero-order chi connectivity index (χ0) is 10.4. The van der Waals surface area contributed by atoms with E-state index in [1.807, 2.05) is 0 Å². The van der Waals surface area contributed by atoms with Gasteiger partial charge in [0.15, 0.2) is 11.6 Å². The quantitative estimate of drug-likeness (QED) is 0.602. The molecule has 1 heterocycles. The van der Waals surface area contributed by atoms with Crippen molar-refractivity contribution in [3.8, 4) is 0 Å². The van der Waals surface area contributed by atoms with Crippen LogP contribution in [0.4, 0.5) is 10.2 Å². The van der Waals surface area contributed by atoms with Crippen LogP contribution in [0.5, 0.6) is 0 Å². The van der Waals surface area contributed by atoms with Crippen LogP contribution in [0.1, 0.15) is 26.2 Å². The largest absolute Gasteiger partial charge is 0.368 e. The highest BCUT2D eigenvalue weighted by molar-refractivity contribution is 6.29. The normalized spacial score (nSPS) is 10.2. The van der Waals surface area contributed by atoms with Crippen LogP contribution in [0.3, 0.4) is 0 Å². The number of aromatic nitrogens is 1. The van der Waals surface area contributed by atoms with Crippen LogP contribution in [0.15, 0.2) is 12.1 Å². The molecular formula is C10H14ClFN2. The van der Waals surface area contributed by atoms with Crippen LogP contribution in [-0.2, 0) is 0 Å². The Hall–Kier alpha value is -0.830. The summed E-state index contributed by atoms with van der Waals surface area (Å²) in [6, 6.07) is 2.76. The van der Waals surface area contributed by atoms with Gasteiger partial charge in [0.1, 0.15) is 5.15 Å². The molecule has 0 bridgehead atoms. The zero-order valence-electron chi connectivity index (χ0n) is 8.19. The highest BCUT2D eigenvalue weighted by Crippen LogP contribution is 2.14. The maximum absolute atomic E-state index is 13.1. The fourth-order valence-corrected chi connectivity index (χ4v) is 1.27. The van der Waals surface area contributed by atoms with E-state index in [-0.39, 0.29) is 11.6 Å². The topological polar surface area (TPSA) is 24.9 Å². The van der Waals surface area contributed by atoms with E-state index < -0.39 is 0 Å². The van der Waals surface area contributed by atoms with E-state index >= 15 is 0 Å². The first-order valence-corrected chi connectivity index (χ1v) is 5.17. The lowest BCUT2D eigenvalue weighted by atomic mass is 10.2. The van der Waals surface area contributed by atoms with Gasteiger partial charge in [-0.2, -0.15) is 0 Å². The summed E-state index contributed by atoms with van der Waals surface area (Å²) in [6.45, 7) is 2.86. The minimum Gasteiger partial charge on any atom is -0.368 e. The number of halogens is 2. The lowest BCUT2D eigenvalue weighted by Crippen LogP contribution is -2.05. The van der Waals surface area contributed by atoms with Crippen LogP contribution in [0.25, 0.3) is 0 Å². The molecule has 0 aromatic carbocycles. The van der Waals surface area contributed by atoms with Crippen molar-refractivity contribution in [2.24, 2.45) is 0 Å². The molecule has 0 amide bonds. The molecule has 0 saturated carbocycles. The summed E-state index contributed by atoms with van der Waals surface area (Å²) >= 11 is 5.64. The Morgan fingerprint density at radius 1 is 1.43 bits per heavy atom. The third-order valence-corrected chi connectivity index (χ3v) is 2.10. The van der Waals surface area contributed by atoms with Crippen molar-refractivity contribution in [2.45, 2.75) is 26.2 Å². The molecule has 0 atom stereocenters. The van der Waals surface area contributed by atoms with Gasteiger partial charge >= 0.3 is 0 Å². The molecule has 1 N–H and O–H groups in total. The molecule has 1 aromatic rings. The Labute approximate surface area is 88.5 Å². The van der Waals surface area contributed by atoms with Crippen molar-refractivity contribution in [2.75, 3.05) is 11.9 Å². The van der Waals surface area contributed by atoms with Gasteiger partial charge in [-0.25, -0.2) is 9.37 Å². The van der Waals surface area contributed by atoms with Gasteiger partial charge in [-0.3, -0.25) is 0 Å². The summed E-state index contributed by atoms with van der Waals surface area (Å²) in [6.07, 6.45) is 3.30. The molecule has 0 saturated heterocycles. The predicted octanol–water partition coefficient (Wildman–Crippen LogP) is 3.48. The number of rotatable bonds is 5. The van der Waals surface area contributed by atoms with E-state index in [0.29, 0.717) is 5.15 Å².